The van der Waals surface area contributed by atoms with Crippen LogP contribution < -0.4 is 0 Å². The highest BCUT2D eigenvalue weighted by atomic mass is 32.3. The minimum absolute atomic E-state index is 0.0334. The van der Waals surface area contributed by atoms with Crippen LogP contribution >= 0.6 is 0 Å². The molecule has 0 heterocycles. The Labute approximate surface area is 239 Å². The van der Waals surface area contributed by atoms with E-state index in [1.807, 2.05) is 26.0 Å². The SMILES string of the molecule is CC(C)[C@H](C=C[C@@H](C)[C@H]1CC[C@H]2[C@@H]3[C@H](O)C=C4CC(OS(=O)(=O)O)CC[C@]4(C)[C@H]3C[C@H](O)[C@]12C)COS(=O)(=O)O. The Morgan fingerprint density at radius 3 is 2.27 bits per heavy atom. The molecule has 4 aliphatic carbocycles. The summed E-state index contributed by atoms with van der Waals surface area (Å²) in [4.78, 5) is 0. The molecule has 0 bridgehead atoms. The van der Waals surface area contributed by atoms with Gasteiger partial charge in [0.2, 0.25) is 0 Å². The molecule has 3 saturated carbocycles. The second-order valence-corrected chi connectivity index (χ2v) is 15.6. The molecule has 0 aromatic rings. The third-order valence-electron chi connectivity index (χ3n) is 11.1. The molecule has 0 radical (unpaired) electrons. The molecule has 230 valence electrons. The lowest BCUT2D eigenvalue weighted by atomic mass is 9.45. The third kappa shape index (κ3) is 6.24. The normalized spacial score (nSPS) is 41.8. The van der Waals surface area contributed by atoms with Gasteiger partial charge in [-0.2, -0.15) is 16.8 Å². The zero-order valence-electron chi connectivity index (χ0n) is 24.0. The van der Waals surface area contributed by atoms with E-state index in [-0.39, 0.29) is 53.4 Å². The number of allylic oxidation sites excluding steroid dienone is 1. The standard InChI is InChI=1S/C28H46O10S2/c1-16(2)18(15-37-39(31,32)33)7-6-17(3)21-8-9-22-26-23(14-25(30)28(21,22)5)27(4)11-10-20(38-40(34,35)36)12-19(27)13-24(26)29/h6-7,13,16-18,20-26,29-30H,8-12,14-15H2,1-5H3,(H,31,32,33)(H,34,35,36)/t17-,18-,20?,21-,22+,23+,24-,25+,26+,27+,28-/m1/s1. The fourth-order valence-corrected chi connectivity index (χ4v) is 9.66. The van der Waals surface area contributed by atoms with E-state index in [9.17, 15) is 27.0 Å². The lowest BCUT2D eigenvalue weighted by Gasteiger charge is -2.61. The van der Waals surface area contributed by atoms with Gasteiger partial charge in [-0.1, -0.05) is 58.4 Å². The van der Waals surface area contributed by atoms with Crippen LogP contribution in [0.1, 0.15) is 73.1 Å². The van der Waals surface area contributed by atoms with Crippen molar-refractivity contribution >= 4 is 20.8 Å². The molecule has 11 atom stereocenters. The number of aliphatic hydroxyl groups excluding tert-OH is 2. The van der Waals surface area contributed by atoms with Gasteiger partial charge >= 0.3 is 20.8 Å². The average molecular weight is 607 g/mol. The topological polar surface area (TPSA) is 168 Å². The van der Waals surface area contributed by atoms with Crippen molar-refractivity contribution in [3.05, 3.63) is 23.8 Å². The maximum absolute atomic E-state index is 11.8. The molecule has 0 saturated heterocycles. The Balaban J connectivity index is 1.55. The van der Waals surface area contributed by atoms with Gasteiger partial charge in [0.1, 0.15) is 0 Å². The number of aliphatic hydroxyl groups is 2. The highest BCUT2D eigenvalue weighted by molar-refractivity contribution is 7.81. The lowest BCUT2D eigenvalue weighted by molar-refractivity contribution is -0.155. The van der Waals surface area contributed by atoms with Crippen LogP contribution in [0.15, 0.2) is 23.8 Å². The highest BCUT2D eigenvalue weighted by Gasteiger charge is 2.64. The van der Waals surface area contributed by atoms with Crippen molar-refractivity contribution in [3.8, 4) is 0 Å². The lowest BCUT2D eigenvalue weighted by Crippen LogP contribution is -2.59. The summed E-state index contributed by atoms with van der Waals surface area (Å²) < 4.78 is 72.4. The number of rotatable bonds is 9. The zero-order chi connectivity index (χ0) is 29.8. The van der Waals surface area contributed by atoms with Crippen LogP contribution in [0.5, 0.6) is 0 Å². The third-order valence-corrected chi connectivity index (χ3v) is 12.0. The largest absolute Gasteiger partial charge is 0.397 e. The molecular formula is C28H46O10S2. The van der Waals surface area contributed by atoms with Gasteiger partial charge in [0.05, 0.1) is 24.9 Å². The minimum Gasteiger partial charge on any atom is -0.393 e. The predicted molar refractivity (Wildman–Crippen MR) is 149 cm³/mol. The van der Waals surface area contributed by atoms with Crippen LogP contribution in [0, 0.1) is 52.3 Å². The molecule has 4 aliphatic rings. The first-order valence-corrected chi connectivity index (χ1v) is 17.1. The first kappa shape index (κ1) is 32.1. The summed E-state index contributed by atoms with van der Waals surface area (Å²) in [6.07, 6.45) is 7.66. The molecule has 0 aromatic heterocycles. The molecule has 1 unspecified atom stereocenters. The summed E-state index contributed by atoms with van der Waals surface area (Å²) in [6, 6.07) is 0. The van der Waals surface area contributed by atoms with Crippen molar-refractivity contribution < 1.29 is 44.5 Å². The van der Waals surface area contributed by atoms with Gasteiger partial charge in [-0.3, -0.25) is 9.11 Å². The van der Waals surface area contributed by atoms with Gasteiger partial charge in [-0.05, 0) is 79.4 Å². The molecule has 0 aromatic carbocycles. The molecular weight excluding hydrogens is 560 g/mol. The van der Waals surface area contributed by atoms with E-state index in [1.54, 1.807) is 0 Å². The van der Waals surface area contributed by atoms with Gasteiger partial charge in [0.25, 0.3) is 0 Å². The molecule has 40 heavy (non-hydrogen) atoms. The molecule has 10 nitrogen and oxygen atoms in total. The van der Waals surface area contributed by atoms with E-state index >= 15 is 0 Å². The molecule has 0 amide bonds. The molecule has 4 rings (SSSR count). The van der Waals surface area contributed by atoms with Crippen LogP contribution in [0.4, 0.5) is 0 Å². The van der Waals surface area contributed by atoms with Crippen LogP contribution in [0.2, 0.25) is 0 Å². The van der Waals surface area contributed by atoms with Gasteiger partial charge < -0.3 is 10.2 Å². The second-order valence-electron chi connectivity index (χ2n) is 13.4. The maximum Gasteiger partial charge on any atom is 0.397 e. The van der Waals surface area contributed by atoms with E-state index in [2.05, 4.69) is 31.0 Å². The van der Waals surface area contributed by atoms with Gasteiger partial charge in [-0.25, -0.2) is 8.37 Å². The summed E-state index contributed by atoms with van der Waals surface area (Å²) in [6.45, 7) is 10.2. The van der Waals surface area contributed by atoms with E-state index in [1.165, 1.54) is 0 Å². The Hall–Kier alpha value is -0.860. The van der Waals surface area contributed by atoms with Crippen molar-refractivity contribution in [2.24, 2.45) is 52.3 Å². The summed E-state index contributed by atoms with van der Waals surface area (Å²) >= 11 is 0. The van der Waals surface area contributed by atoms with Crippen molar-refractivity contribution in [2.45, 2.75) is 91.5 Å². The Bertz CT molecular complexity index is 1210. The van der Waals surface area contributed by atoms with E-state index < -0.39 is 44.5 Å². The maximum atomic E-state index is 11.8. The number of hydrogen-bond acceptors (Lipinski definition) is 8. The second kappa shape index (κ2) is 11.3. The smallest absolute Gasteiger partial charge is 0.393 e. The highest BCUT2D eigenvalue weighted by Crippen LogP contribution is 2.67. The monoisotopic (exact) mass is 606 g/mol. The quantitative estimate of drug-likeness (QED) is 0.223. The predicted octanol–water partition coefficient (Wildman–Crippen LogP) is 3.98. The summed E-state index contributed by atoms with van der Waals surface area (Å²) in [5.41, 5.74) is 0.221. The minimum atomic E-state index is -4.57. The Morgan fingerprint density at radius 1 is 1.00 bits per heavy atom. The fraction of sp³-hybridized carbons (Fsp3) is 0.857. The summed E-state index contributed by atoms with van der Waals surface area (Å²) in [5.74, 6) is 0.229. The number of fused-ring (bicyclic) bond motifs is 5. The van der Waals surface area contributed by atoms with E-state index in [0.717, 1.165) is 18.4 Å². The van der Waals surface area contributed by atoms with Gasteiger partial charge in [0.15, 0.2) is 0 Å². The first-order chi connectivity index (χ1) is 18.4. The van der Waals surface area contributed by atoms with Crippen LogP contribution in [-0.2, 0) is 29.2 Å². The van der Waals surface area contributed by atoms with Crippen LogP contribution in [-0.4, -0.2) is 61.1 Å². The molecule has 4 N–H and O–H groups in total. The van der Waals surface area contributed by atoms with Crippen molar-refractivity contribution in [1.29, 1.82) is 0 Å². The van der Waals surface area contributed by atoms with Crippen LogP contribution in [0.3, 0.4) is 0 Å². The van der Waals surface area contributed by atoms with Crippen molar-refractivity contribution in [2.75, 3.05) is 6.61 Å². The average Bonchev–Trinajstić information content (AvgIpc) is 3.17. The molecule has 3 fully saturated rings. The Kier molecular flexibility index (Phi) is 9.08. The Morgan fingerprint density at radius 2 is 1.68 bits per heavy atom. The van der Waals surface area contributed by atoms with Gasteiger partial charge in [-0.15, -0.1) is 0 Å². The molecule has 0 spiro atoms. The summed E-state index contributed by atoms with van der Waals surface area (Å²) in [7, 11) is -9.09. The van der Waals surface area contributed by atoms with Gasteiger partial charge in [0, 0.05) is 11.3 Å². The first-order valence-electron chi connectivity index (χ1n) is 14.4. The molecule has 12 heteroatoms. The molecule has 0 aliphatic heterocycles. The van der Waals surface area contributed by atoms with Crippen molar-refractivity contribution in [3.63, 3.8) is 0 Å². The zero-order valence-corrected chi connectivity index (χ0v) is 25.6. The summed E-state index contributed by atoms with van der Waals surface area (Å²) in [5, 5.41) is 23.2. The fourth-order valence-electron chi connectivity index (χ4n) is 8.82. The van der Waals surface area contributed by atoms with Crippen molar-refractivity contribution in [1.82, 2.24) is 0 Å². The number of hydrogen-bond donors (Lipinski definition) is 4. The van der Waals surface area contributed by atoms with Crippen LogP contribution in [0.25, 0.3) is 0 Å². The van der Waals surface area contributed by atoms with E-state index in [0.29, 0.717) is 25.7 Å². The van der Waals surface area contributed by atoms with E-state index in [4.69, 9.17) is 13.3 Å².